The van der Waals surface area contributed by atoms with Gasteiger partial charge in [-0.2, -0.15) is 0 Å². The first-order chi connectivity index (χ1) is 16.2. The maximum atomic E-state index is 13.0. The summed E-state index contributed by atoms with van der Waals surface area (Å²) in [4.78, 5) is 29.3. The molecule has 5 heteroatoms. The Balaban J connectivity index is 1.29. The summed E-state index contributed by atoms with van der Waals surface area (Å²) in [6, 6.07) is 18.0. The molecule has 3 fully saturated rings. The average Bonchev–Trinajstić information content (AvgIpc) is 3.37. The van der Waals surface area contributed by atoms with Gasteiger partial charge in [0, 0.05) is 30.4 Å². The minimum atomic E-state index is -0.221. The third kappa shape index (κ3) is 4.28. The molecule has 2 saturated heterocycles. The quantitative estimate of drug-likeness (QED) is 0.741. The number of carbonyl (C=O) groups excluding carboxylic acids is 2. The lowest BCUT2D eigenvalue weighted by Crippen LogP contribution is -2.73. The summed E-state index contributed by atoms with van der Waals surface area (Å²) in [5.74, 6) is 6.64. The van der Waals surface area contributed by atoms with Gasteiger partial charge in [-0.3, -0.25) is 9.59 Å². The first kappa shape index (κ1) is 21.7. The van der Waals surface area contributed by atoms with Crippen LogP contribution in [0.2, 0.25) is 0 Å². The molecule has 170 valence electrons. The minimum absolute atomic E-state index is 0.0319. The van der Waals surface area contributed by atoms with Crippen LogP contribution in [0.25, 0.3) is 0 Å². The number of carbonyl (C=O) groups is 2. The summed E-state index contributed by atoms with van der Waals surface area (Å²) in [6.07, 6.45) is 4.79. The van der Waals surface area contributed by atoms with Crippen LogP contribution < -0.4 is 0 Å². The molecule has 0 radical (unpaired) electrons. The van der Waals surface area contributed by atoms with Gasteiger partial charge in [0.15, 0.2) is 0 Å². The Kier molecular flexibility index (Phi) is 6.20. The van der Waals surface area contributed by atoms with Crippen molar-refractivity contribution >= 4 is 11.8 Å². The first-order valence-corrected chi connectivity index (χ1v) is 12.0. The summed E-state index contributed by atoms with van der Waals surface area (Å²) in [7, 11) is 0. The zero-order chi connectivity index (χ0) is 22.8. The molecule has 33 heavy (non-hydrogen) atoms. The Bertz CT molecular complexity index is 1060. The third-order valence-corrected chi connectivity index (χ3v) is 7.43. The van der Waals surface area contributed by atoms with Crippen LogP contribution in [0.3, 0.4) is 0 Å². The van der Waals surface area contributed by atoms with Gasteiger partial charge in [-0.1, -0.05) is 67.1 Å². The number of nitrogens with zero attached hydrogens (tertiary/aromatic N) is 2. The van der Waals surface area contributed by atoms with E-state index in [4.69, 9.17) is 0 Å². The molecule has 0 spiro atoms. The Hall–Kier alpha value is -3.10. The van der Waals surface area contributed by atoms with E-state index in [1.165, 1.54) is 5.56 Å². The lowest BCUT2D eigenvalue weighted by molar-refractivity contribution is -0.168. The molecule has 5 rings (SSSR count). The van der Waals surface area contributed by atoms with Crippen LogP contribution in [0, 0.1) is 17.8 Å². The number of fused-ring (bicyclic) bond motifs is 1. The molecule has 2 heterocycles. The number of hydrogen-bond donors (Lipinski definition) is 1. The largest absolute Gasteiger partial charge is 0.394 e. The van der Waals surface area contributed by atoms with E-state index in [0.29, 0.717) is 13.0 Å². The number of rotatable bonds is 4. The van der Waals surface area contributed by atoms with Crippen molar-refractivity contribution in [1.82, 2.24) is 9.80 Å². The summed E-state index contributed by atoms with van der Waals surface area (Å²) in [5.41, 5.74) is 3.23. The maximum absolute atomic E-state index is 13.0. The maximum Gasteiger partial charge on any atom is 0.242 e. The van der Waals surface area contributed by atoms with Crippen molar-refractivity contribution < 1.29 is 14.7 Å². The average molecular weight is 443 g/mol. The molecule has 2 amide bonds. The second-order valence-electron chi connectivity index (χ2n) is 9.43. The highest BCUT2D eigenvalue weighted by molar-refractivity contribution is 5.88. The fraction of sp³-hybridized carbons (Fsp3) is 0.429. The van der Waals surface area contributed by atoms with Gasteiger partial charge in [0.1, 0.15) is 0 Å². The number of hydrogen-bond acceptors (Lipinski definition) is 3. The van der Waals surface area contributed by atoms with Crippen LogP contribution in [0.15, 0.2) is 54.6 Å². The number of piperazine rings is 1. The van der Waals surface area contributed by atoms with Crippen molar-refractivity contribution in [3.05, 3.63) is 71.3 Å². The number of benzene rings is 2. The molecule has 1 aliphatic carbocycles. The lowest BCUT2D eigenvalue weighted by atomic mass is 9.73. The van der Waals surface area contributed by atoms with Gasteiger partial charge in [-0.25, -0.2) is 0 Å². The van der Waals surface area contributed by atoms with Crippen LogP contribution in [-0.2, 0) is 16.0 Å². The molecule has 0 aromatic heterocycles. The monoisotopic (exact) mass is 442 g/mol. The molecule has 1 saturated carbocycles. The van der Waals surface area contributed by atoms with Crippen molar-refractivity contribution in [3.8, 4) is 11.8 Å². The van der Waals surface area contributed by atoms with E-state index in [1.54, 1.807) is 9.80 Å². The molecular weight excluding hydrogens is 412 g/mol. The molecule has 2 aromatic carbocycles. The zero-order valence-electron chi connectivity index (χ0n) is 18.8. The van der Waals surface area contributed by atoms with Crippen LogP contribution in [0.1, 0.15) is 48.3 Å². The summed E-state index contributed by atoms with van der Waals surface area (Å²) < 4.78 is 0. The smallest absolute Gasteiger partial charge is 0.242 e. The van der Waals surface area contributed by atoms with Gasteiger partial charge in [0.05, 0.1) is 25.2 Å². The number of aliphatic hydroxyl groups is 1. The standard InChI is InChI=1S/C28H30N2O3/c31-19-25-27(22-15-13-21(14-16-22)10-6-9-20-7-2-1-3-8-20)24-17-29(18-26(32)30(24)25)28(33)23-11-4-5-12-23/h1-3,7-8,13-16,23-25,27,31H,4-5,9,11-12,17-19H2/t24-,25+,27+/m1/s1. The van der Waals surface area contributed by atoms with E-state index in [0.717, 1.165) is 36.8 Å². The van der Waals surface area contributed by atoms with Crippen molar-refractivity contribution in [1.29, 1.82) is 0 Å². The predicted molar refractivity (Wildman–Crippen MR) is 126 cm³/mol. The molecule has 0 unspecified atom stereocenters. The van der Waals surface area contributed by atoms with Crippen LogP contribution in [0.4, 0.5) is 0 Å². The van der Waals surface area contributed by atoms with E-state index in [-0.39, 0.29) is 48.9 Å². The Morgan fingerprint density at radius 3 is 2.45 bits per heavy atom. The molecule has 3 aliphatic rings. The summed E-state index contributed by atoms with van der Waals surface area (Å²) >= 11 is 0. The van der Waals surface area contributed by atoms with E-state index in [2.05, 4.69) is 36.1 Å². The van der Waals surface area contributed by atoms with Crippen LogP contribution >= 0.6 is 0 Å². The predicted octanol–water partition coefficient (Wildman–Crippen LogP) is 2.97. The Labute approximate surface area is 195 Å². The summed E-state index contributed by atoms with van der Waals surface area (Å²) in [5, 5.41) is 10.0. The van der Waals surface area contributed by atoms with Crippen LogP contribution in [0.5, 0.6) is 0 Å². The minimum Gasteiger partial charge on any atom is -0.394 e. The van der Waals surface area contributed by atoms with Gasteiger partial charge in [0.2, 0.25) is 11.8 Å². The second-order valence-corrected chi connectivity index (χ2v) is 9.43. The number of amides is 2. The van der Waals surface area contributed by atoms with Crippen LogP contribution in [-0.4, -0.2) is 58.5 Å². The van der Waals surface area contributed by atoms with Crippen molar-refractivity contribution in [2.24, 2.45) is 5.92 Å². The van der Waals surface area contributed by atoms with Gasteiger partial charge in [-0.05, 0) is 36.1 Å². The fourth-order valence-electron chi connectivity index (χ4n) is 5.73. The normalized spacial score (nSPS) is 24.6. The highest BCUT2D eigenvalue weighted by atomic mass is 16.3. The highest BCUT2D eigenvalue weighted by Crippen LogP contribution is 2.43. The highest BCUT2D eigenvalue weighted by Gasteiger charge is 2.54. The molecular formula is C28H30N2O3. The van der Waals surface area contributed by atoms with Crippen molar-refractivity contribution in [3.63, 3.8) is 0 Å². The number of aliphatic hydroxyl groups excluding tert-OH is 1. The molecule has 2 aromatic rings. The fourth-order valence-corrected chi connectivity index (χ4v) is 5.73. The van der Waals surface area contributed by atoms with Gasteiger partial charge < -0.3 is 14.9 Å². The first-order valence-electron chi connectivity index (χ1n) is 12.0. The third-order valence-electron chi connectivity index (χ3n) is 7.43. The lowest BCUT2D eigenvalue weighted by Gasteiger charge is -2.59. The van der Waals surface area contributed by atoms with E-state index >= 15 is 0 Å². The SMILES string of the molecule is O=C(C1CCCC1)N1CC(=O)N2[C@H](C1)[C@H](c1ccc(C#CCc3ccccc3)cc1)[C@@H]2CO. The van der Waals surface area contributed by atoms with E-state index in [9.17, 15) is 14.7 Å². The van der Waals surface area contributed by atoms with Crippen molar-refractivity contribution in [2.45, 2.75) is 50.1 Å². The van der Waals surface area contributed by atoms with Crippen molar-refractivity contribution in [2.75, 3.05) is 19.7 Å². The summed E-state index contributed by atoms with van der Waals surface area (Å²) in [6.45, 7) is 0.633. The molecule has 1 N–H and O–H groups in total. The van der Waals surface area contributed by atoms with Gasteiger partial charge in [-0.15, -0.1) is 0 Å². The van der Waals surface area contributed by atoms with Gasteiger partial charge >= 0.3 is 0 Å². The molecule has 5 nitrogen and oxygen atoms in total. The second kappa shape index (κ2) is 9.41. The van der Waals surface area contributed by atoms with Gasteiger partial charge in [0.25, 0.3) is 0 Å². The van der Waals surface area contributed by atoms with E-state index in [1.807, 2.05) is 30.3 Å². The molecule has 0 bridgehead atoms. The zero-order valence-corrected chi connectivity index (χ0v) is 18.8. The van der Waals surface area contributed by atoms with E-state index < -0.39 is 0 Å². The Morgan fingerprint density at radius 2 is 1.76 bits per heavy atom. The Morgan fingerprint density at radius 1 is 1.03 bits per heavy atom. The molecule has 2 aliphatic heterocycles. The topological polar surface area (TPSA) is 60.9 Å². The molecule has 3 atom stereocenters.